The molecule has 0 atom stereocenters. The molecule has 10 nitrogen and oxygen atoms in total. The van der Waals surface area contributed by atoms with Gasteiger partial charge >= 0.3 is 6.18 Å². The maximum atomic E-state index is 14.8. The van der Waals surface area contributed by atoms with Gasteiger partial charge in [0.05, 0.1) is 44.5 Å². The van der Waals surface area contributed by atoms with Gasteiger partial charge in [-0.3, -0.25) is 4.79 Å². The first kappa shape index (κ1) is 33.5. The van der Waals surface area contributed by atoms with Crippen molar-refractivity contribution in [3.8, 4) is 5.69 Å². The number of anilines is 1. The summed E-state index contributed by atoms with van der Waals surface area (Å²) in [4.78, 5) is 24.0. The fourth-order valence-corrected chi connectivity index (χ4v) is 8.42. The van der Waals surface area contributed by atoms with Crippen LogP contribution in [-0.4, -0.2) is 62.0 Å². The number of nitrogens with one attached hydrogen (secondary N) is 1. The van der Waals surface area contributed by atoms with Crippen molar-refractivity contribution in [3.05, 3.63) is 101 Å². The molecule has 1 saturated heterocycles. The monoisotopic (exact) mass is 703 g/mol. The highest BCUT2D eigenvalue weighted by molar-refractivity contribution is 7.90. The van der Waals surface area contributed by atoms with Gasteiger partial charge in [-0.15, -0.1) is 0 Å². The second-order valence-corrected chi connectivity index (χ2v) is 15.0. The predicted octanol–water partition coefficient (Wildman–Crippen LogP) is 6.98. The number of aryl methyl sites for hydroxylation is 2. The summed E-state index contributed by atoms with van der Waals surface area (Å²) >= 11 is 0. The minimum absolute atomic E-state index is 0.0697. The number of rotatable bonds is 7. The lowest BCUT2D eigenvalue weighted by Crippen LogP contribution is -2.38. The molecule has 3 N–H and O–H groups in total. The van der Waals surface area contributed by atoms with Crippen LogP contribution in [0.5, 0.6) is 0 Å². The number of halogens is 3. The van der Waals surface area contributed by atoms with Crippen LogP contribution in [-0.2, 0) is 16.2 Å². The zero-order chi connectivity index (χ0) is 35.7. The van der Waals surface area contributed by atoms with Crippen molar-refractivity contribution < 1.29 is 26.4 Å². The van der Waals surface area contributed by atoms with E-state index in [1.54, 1.807) is 37.3 Å². The third-order valence-corrected chi connectivity index (χ3v) is 11.3. The number of imidazole rings is 1. The summed E-state index contributed by atoms with van der Waals surface area (Å²) in [5.41, 5.74) is 7.68. The van der Waals surface area contributed by atoms with E-state index in [1.165, 1.54) is 35.1 Å². The lowest BCUT2D eigenvalue weighted by atomic mass is 9.85. The standard InChI is InChI=1S/C36H36F3N7O3S/c1-20(2)44-13-11-23(12-14-44)27-15-24-16-33(34(47)28-19-41-45(35(28)40)25-7-10-30-31(17-25)43-22(4)42-30)46(32(24)18-29(27)36(37,38)39)50(48,49)26-8-5-21(3)6-9-26/h5-10,15-20,23H,11-14,40H2,1-4H3,(H,42,43). The van der Waals surface area contributed by atoms with E-state index >= 15 is 0 Å². The molecule has 4 heterocycles. The zero-order valence-electron chi connectivity index (χ0n) is 27.9. The average Bonchev–Trinajstić information content (AvgIpc) is 3.76. The molecule has 260 valence electrons. The molecule has 7 rings (SSSR count). The normalized spacial score (nSPS) is 15.1. The number of nitrogens with two attached hydrogens (primary N) is 1. The first-order valence-electron chi connectivity index (χ1n) is 16.3. The minimum Gasteiger partial charge on any atom is -0.383 e. The Bertz CT molecular complexity index is 2380. The second kappa shape index (κ2) is 12.1. The summed E-state index contributed by atoms with van der Waals surface area (Å²) in [5.74, 6) is -0.564. The number of H-pyrrole nitrogens is 1. The fraction of sp³-hybridized carbons (Fsp3) is 0.306. The lowest BCUT2D eigenvalue weighted by molar-refractivity contribution is -0.138. The van der Waals surface area contributed by atoms with E-state index in [2.05, 4.69) is 33.8 Å². The van der Waals surface area contributed by atoms with E-state index in [0.717, 1.165) is 17.1 Å². The Hall–Kier alpha value is -4.95. The Morgan fingerprint density at radius 3 is 2.36 bits per heavy atom. The number of piperidine rings is 1. The number of hydrogen-bond acceptors (Lipinski definition) is 7. The Kier molecular flexibility index (Phi) is 8.14. The number of nitrogens with zero attached hydrogens (tertiary/aromatic N) is 5. The van der Waals surface area contributed by atoms with Crippen LogP contribution in [0.3, 0.4) is 0 Å². The Labute approximate surface area is 286 Å². The van der Waals surface area contributed by atoms with Crippen LogP contribution in [0.2, 0.25) is 0 Å². The van der Waals surface area contributed by atoms with Crippen molar-refractivity contribution in [1.29, 1.82) is 0 Å². The number of aromatic nitrogens is 5. The first-order valence-corrected chi connectivity index (χ1v) is 17.8. The summed E-state index contributed by atoms with van der Waals surface area (Å²) in [6, 6.07) is 15.1. The van der Waals surface area contributed by atoms with Crippen molar-refractivity contribution in [1.82, 2.24) is 28.6 Å². The largest absolute Gasteiger partial charge is 0.416 e. The van der Waals surface area contributed by atoms with Crippen LogP contribution in [0.15, 0.2) is 71.8 Å². The first-order chi connectivity index (χ1) is 23.6. The van der Waals surface area contributed by atoms with E-state index in [4.69, 9.17) is 5.73 Å². The number of nitrogen functional groups attached to an aromatic ring is 1. The van der Waals surface area contributed by atoms with Gasteiger partial charge in [-0.2, -0.15) is 18.3 Å². The van der Waals surface area contributed by atoms with E-state index in [1.807, 2.05) is 6.92 Å². The third-order valence-electron chi connectivity index (χ3n) is 9.61. The number of hydrogen-bond donors (Lipinski definition) is 2. The number of fused-ring (bicyclic) bond motifs is 2. The van der Waals surface area contributed by atoms with Crippen molar-refractivity contribution in [2.75, 3.05) is 18.8 Å². The molecular weight excluding hydrogens is 668 g/mol. The second-order valence-electron chi connectivity index (χ2n) is 13.2. The molecular formula is C36H36F3N7O3S. The van der Waals surface area contributed by atoms with E-state index in [-0.39, 0.29) is 44.5 Å². The number of alkyl halides is 3. The number of aromatic amines is 1. The molecule has 14 heteroatoms. The highest BCUT2D eigenvalue weighted by Crippen LogP contribution is 2.42. The van der Waals surface area contributed by atoms with Crippen LogP contribution >= 0.6 is 0 Å². The maximum absolute atomic E-state index is 14.8. The van der Waals surface area contributed by atoms with Crippen molar-refractivity contribution in [2.45, 2.75) is 63.6 Å². The molecule has 1 fully saturated rings. The van der Waals surface area contributed by atoms with Gasteiger partial charge < -0.3 is 15.6 Å². The van der Waals surface area contributed by atoms with Gasteiger partial charge in [0.25, 0.3) is 10.0 Å². The summed E-state index contributed by atoms with van der Waals surface area (Å²) < 4.78 is 75.1. The number of ketones is 1. The molecule has 0 bridgehead atoms. The van der Waals surface area contributed by atoms with Gasteiger partial charge in [-0.05, 0) is 114 Å². The molecule has 3 aromatic carbocycles. The summed E-state index contributed by atoms with van der Waals surface area (Å²) in [6.07, 6.45) is -2.51. The van der Waals surface area contributed by atoms with Gasteiger partial charge in [0, 0.05) is 11.4 Å². The van der Waals surface area contributed by atoms with Gasteiger partial charge in [-0.25, -0.2) is 22.1 Å². The van der Waals surface area contributed by atoms with Crippen LogP contribution in [0, 0.1) is 13.8 Å². The molecule has 1 aliphatic heterocycles. The zero-order valence-corrected chi connectivity index (χ0v) is 28.7. The van der Waals surface area contributed by atoms with Crippen LogP contribution < -0.4 is 5.73 Å². The number of carbonyl (C=O) groups excluding carboxylic acids is 1. The van der Waals surface area contributed by atoms with Gasteiger partial charge in [0.15, 0.2) is 0 Å². The number of benzene rings is 3. The van der Waals surface area contributed by atoms with E-state index in [0.29, 0.717) is 46.9 Å². The quantitative estimate of drug-likeness (QED) is 0.172. The topological polar surface area (TPSA) is 132 Å². The SMILES string of the molecule is Cc1ccc(S(=O)(=O)n2c(C(=O)c3cnn(-c4ccc5[nH]c(C)nc5c4)c3N)cc3cc(C4CCN(C(C)C)CC4)c(C(F)(F)F)cc32)cc1. The molecule has 0 unspecified atom stereocenters. The Balaban J connectivity index is 1.40. The fourth-order valence-electron chi connectivity index (χ4n) is 6.92. The van der Waals surface area contributed by atoms with Crippen molar-refractivity contribution in [2.24, 2.45) is 0 Å². The lowest BCUT2D eigenvalue weighted by Gasteiger charge is -2.35. The molecule has 3 aromatic heterocycles. The maximum Gasteiger partial charge on any atom is 0.416 e. The molecule has 0 spiro atoms. The van der Waals surface area contributed by atoms with Crippen LogP contribution in [0.1, 0.15) is 71.2 Å². The molecule has 0 saturated carbocycles. The van der Waals surface area contributed by atoms with Crippen LogP contribution in [0.4, 0.5) is 19.0 Å². The Morgan fingerprint density at radius 1 is 1.00 bits per heavy atom. The van der Waals surface area contributed by atoms with Crippen molar-refractivity contribution >= 4 is 43.6 Å². The molecule has 6 aromatic rings. The third kappa shape index (κ3) is 5.75. The molecule has 0 amide bonds. The number of likely N-dealkylation sites (tertiary alicyclic amines) is 1. The molecule has 0 radical (unpaired) electrons. The molecule has 0 aliphatic carbocycles. The summed E-state index contributed by atoms with van der Waals surface area (Å²) in [5, 5.41) is 4.52. The minimum atomic E-state index is -4.77. The van der Waals surface area contributed by atoms with Crippen molar-refractivity contribution in [3.63, 3.8) is 0 Å². The predicted molar refractivity (Wildman–Crippen MR) is 185 cm³/mol. The average molecular weight is 704 g/mol. The van der Waals surface area contributed by atoms with Gasteiger partial charge in [0.2, 0.25) is 5.78 Å². The highest BCUT2D eigenvalue weighted by atomic mass is 32.2. The van der Waals surface area contributed by atoms with E-state index in [9.17, 15) is 26.4 Å². The highest BCUT2D eigenvalue weighted by Gasteiger charge is 2.39. The van der Waals surface area contributed by atoms with E-state index < -0.39 is 33.5 Å². The summed E-state index contributed by atoms with van der Waals surface area (Å²) in [6.45, 7) is 8.99. The number of carbonyl (C=O) groups is 1. The molecule has 1 aliphatic rings. The van der Waals surface area contributed by atoms with Gasteiger partial charge in [0.1, 0.15) is 17.3 Å². The van der Waals surface area contributed by atoms with Crippen LogP contribution in [0.25, 0.3) is 27.6 Å². The molecule has 50 heavy (non-hydrogen) atoms. The van der Waals surface area contributed by atoms with Gasteiger partial charge in [-0.1, -0.05) is 17.7 Å². The smallest absolute Gasteiger partial charge is 0.383 e. The summed E-state index contributed by atoms with van der Waals surface area (Å²) in [7, 11) is -4.58. The Morgan fingerprint density at radius 2 is 1.70 bits per heavy atom.